The smallest absolute Gasteiger partial charge is 0.220 e. The third kappa shape index (κ3) is 7.90. The van der Waals surface area contributed by atoms with Crippen LogP contribution in [0.1, 0.15) is 61.6 Å². The molecule has 51 heavy (non-hydrogen) atoms. The van der Waals surface area contributed by atoms with Gasteiger partial charge in [-0.15, -0.1) is 0 Å². The van der Waals surface area contributed by atoms with Crippen LogP contribution in [0.4, 0.5) is 0 Å². The lowest BCUT2D eigenvalue weighted by Crippen LogP contribution is -2.35. The van der Waals surface area contributed by atoms with Crippen LogP contribution in [0.3, 0.4) is 0 Å². The largest absolute Gasteiger partial charge is 0.496 e. The fourth-order valence-corrected chi connectivity index (χ4v) is 8.09. The number of fused-ring (bicyclic) bond motifs is 1. The average molecular weight is 727 g/mol. The third-order valence-electron chi connectivity index (χ3n) is 10.3. The second-order valence-electron chi connectivity index (χ2n) is 13.6. The minimum atomic E-state index is 0.123. The number of nitrogens with zero attached hydrogens (tertiary/aromatic N) is 2. The second-order valence-corrected chi connectivity index (χ2v) is 14.4. The van der Waals surface area contributed by atoms with E-state index in [1.807, 2.05) is 47.3 Å². The molecule has 10 heteroatoms. The van der Waals surface area contributed by atoms with Gasteiger partial charge in [0.2, 0.25) is 5.91 Å². The number of methoxy groups -OCH3 is 2. The molecule has 4 aromatic carbocycles. The van der Waals surface area contributed by atoms with Crippen molar-refractivity contribution in [3.63, 3.8) is 0 Å². The number of halogens is 2. The van der Waals surface area contributed by atoms with Crippen molar-refractivity contribution >= 4 is 40.0 Å². The van der Waals surface area contributed by atoms with E-state index in [2.05, 4.69) is 46.3 Å². The maximum absolute atomic E-state index is 11.5. The molecule has 3 N–H and O–H groups in total. The highest BCUT2D eigenvalue weighted by Crippen LogP contribution is 2.40. The summed E-state index contributed by atoms with van der Waals surface area (Å²) in [7, 11) is 3.40. The molecule has 0 radical (unpaired) electrons. The summed E-state index contributed by atoms with van der Waals surface area (Å²) in [6.07, 6.45) is 9.73. The molecule has 1 saturated carbocycles. The van der Waals surface area contributed by atoms with Crippen LogP contribution in [0.2, 0.25) is 10.0 Å². The predicted octanol–water partition coefficient (Wildman–Crippen LogP) is 8.53. The summed E-state index contributed by atoms with van der Waals surface area (Å²) in [6.45, 7) is 2.59. The van der Waals surface area contributed by atoms with Crippen molar-refractivity contribution in [3.05, 3.63) is 99.7 Å². The van der Waals surface area contributed by atoms with Crippen molar-refractivity contribution in [2.75, 3.05) is 20.8 Å². The number of benzene rings is 4. The van der Waals surface area contributed by atoms with Crippen LogP contribution in [-0.4, -0.2) is 48.5 Å². The van der Waals surface area contributed by atoms with Gasteiger partial charge in [-0.05, 0) is 60.2 Å². The average Bonchev–Trinajstić information content (AvgIpc) is 3.77. The molecule has 8 nitrogen and oxygen atoms in total. The van der Waals surface area contributed by atoms with E-state index in [-0.39, 0.29) is 11.9 Å². The molecule has 0 bridgehead atoms. The first-order valence-electron chi connectivity index (χ1n) is 17.9. The Balaban J connectivity index is 1.11. The summed E-state index contributed by atoms with van der Waals surface area (Å²) in [5.74, 6) is 1.74. The van der Waals surface area contributed by atoms with Gasteiger partial charge >= 0.3 is 0 Å². The maximum atomic E-state index is 11.5. The van der Waals surface area contributed by atoms with Gasteiger partial charge in [0, 0.05) is 70.8 Å². The van der Waals surface area contributed by atoms with Crippen molar-refractivity contribution < 1.29 is 14.3 Å². The Hall–Kier alpha value is -4.08. The molecular weight excluding hydrogens is 681 g/mol. The van der Waals surface area contributed by atoms with Gasteiger partial charge in [-0.2, -0.15) is 5.10 Å². The Labute approximate surface area is 309 Å². The Bertz CT molecular complexity index is 2020. The number of hydrogen-bond acceptors (Lipinski definition) is 6. The van der Waals surface area contributed by atoms with E-state index in [0.717, 1.165) is 80.9 Å². The summed E-state index contributed by atoms with van der Waals surface area (Å²) < 4.78 is 13.6. The number of carbonyl (C=O) groups is 1. The Kier molecular flexibility index (Phi) is 11.1. The van der Waals surface area contributed by atoms with E-state index in [9.17, 15) is 4.79 Å². The summed E-state index contributed by atoms with van der Waals surface area (Å²) in [5, 5.41) is 17.3. The SMILES string of the molecule is COc1cc(-c2cccc(-c3cccc4c3cnn4Cc3cc(OC)c(CNC4CCCCC4)cc3Cl)c2Cl)ccc1CNCC1CCC(=O)N1. The molecule has 2 heterocycles. The number of carbonyl (C=O) groups excluding carboxylic acids is 1. The number of hydrogen-bond donors (Lipinski definition) is 3. The first-order chi connectivity index (χ1) is 24.9. The molecule has 1 saturated heterocycles. The maximum Gasteiger partial charge on any atom is 0.220 e. The van der Waals surface area contributed by atoms with Crippen LogP contribution < -0.4 is 25.4 Å². The molecule has 2 aliphatic rings. The van der Waals surface area contributed by atoms with E-state index >= 15 is 0 Å². The standard InChI is InChI=1S/C41H45Cl2N5O3/c1-50-38-19-26(14-15-27(38)21-44-23-31-16-17-40(49)47-31)32-10-6-12-34(41(32)43)33-11-7-13-37-35(33)24-46-48(37)25-29-20-39(51-2)28(18-36(29)42)22-45-30-8-4-3-5-9-30/h6-7,10-15,18-20,24,30-31,44-45H,3-5,8-9,16-17,21-23,25H2,1-2H3,(H,47,49). The number of nitrogens with one attached hydrogen (secondary N) is 3. The summed E-state index contributed by atoms with van der Waals surface area (Å²) >= 11 is 14.1. The lowest BCUT2D eigenvalue weighted by Gasteiger charge is -2.23. The third-order valence-corrected chi connectivity index (χ3v) is 11.1. The van der Waals surface area contributed by atoms with E-state index in [4.69, 9.17) is 37.8 Å². The lowest BCUT2D eigenvalue weighted by molar-refractivity contribution is -0.119. The molecule has 1 atom stereocenters. The molecule has 7 rings (SSSR count). The Morgan fingerprint density at radius 3 is 2.39 bits per heavy atom. The van der Waals surface area contributed by atoms with Gasteiger partial charge in [0.05, 0.1) is 37.5 Å². The number of aromatic nitrogens is 2. The molecule has 0 spiro atoms. The molecule has 1 unspecified atom stereocenters. The van der Waals surface area contributed by atoms with E-state index < -0.39 is 0 Å². The lowest BCUT2D eigenvalue weighted by atomic mass is 9.95. The highest BCUT2D eigenvalue weighted by atomic mass is 35.5. The van der Waals surface area contributed by atoms with E-state index in [1.165, 1.54) is 32.1 Å². The van der Waals surface area contributed by atoms with Gasteiger partial charge in [0.1, 0.15) is 11.5 Å². The van der Waals surface area contributed by atoms with Crippen molar-refractivity contribution in [1.29, 1.82) is 0 Å². The molecule has 5 aromatic rings. The zero-order valence-electron chi connectivity index (χ0n) is 29.2. The molecule has 266 valence electrons. The van der Waals surface area contributed by atoms with Gasteiger partial charge in [-0.3, -0.25) is 9.48 Å². The van der Waals surface area contributed by atoms with Crippen molar-refractivity contribution in [2.45, 2.75) is 76.7 Å². The fourth-order valence-electron chi connectivity index (χ4n) is 7.51. The van der Waals surface area contributed by atoms with Crippen LogP contribution in [-0.2, 0) is 24.4 Å². The van der Waals surface area contributed by atoms with Crippen molar-refractivity contribution in [3.8, 4) is 33.8 Å². The van der Waals surface area contributed by atoms with Crippen molar-refractivity contribution in [1.82, 2.24) is 25.7 Å². The minimum Gasteiger partial charge on any atom is -0.496 e. The molecule has 1 aliphatic carbocycles. The first kappa shape index (κ1) is 35.3. The monoisotopic (exact) mass is 725 g/mol. The van der Waals surface area contributed by atoms with Gasteiger partial charge in [0.15, 0.2) is 0 Å². The van der Waals surface area contributed by atoms with Gasteiger partial charge < -0.3 is 25.4 Å². The van der Waals surface area contributed by atoms with Crippen LogP contribution in [0, 0.1) is 0 Å². The Morgan fingerprint density at radius 1 is 0.843 bits per heavy atom. The fraction of sp³-hybridized carbons (Fsp3) is 0.366. The first-order valence-corrected chi connectivity index (χ1v) is 18.7. The zero-order chi connectivity index (χ0) is 35.3. The quantitative estimate of drug-likeness (QED) is 0.113. The van der Waals surface area contributed by atoms with Crippen LogP contribution in [0.15, 0.2) is 72.9 Å². The molecular formula is C41H45Cl2N5O3. The summed E-state index contributed by atoms with van der Waals surface area (Å²) in [6, 6.07) is 23.3. The van der Waals surface area contributed by atoms with E-state index in [0.29, 0.717) is 35.6 Å². The van der Waals surface area contributed by atoms with Gasteiger partial charge in [-0.25, -0.2) is 0 Å². The molecule has 1 aromatic heterocycles. The Morgan fingerprint density at radius 2 is 1.61 bits per heavy atom. The normalized spacial score (nSPS) is 16.5. The number of ether oxygens (including phenoxy) is 2. The zero-order valence-corrected chi connectivity index (χ0v) is 30.7. The highest BCUT2D eigenvalue weighted by molar-refractivity contribution is 6.36. The highest BCUT2D eigenvalue weighted by Gasteiger charge is 2.21. The molecule has 1 aliphatic heterocycles. The summed E-state index contributed by atoms with van der Waals surface area (Å²) in [5.41, 5.74) is 7.86. The van der Waals surface area contributed by atoms with Crippen LogP contribution in [0.5, 0.6) is 11.5 Å². The van der Waals surface area contributed by atoms with E-state index in [1.54, 1.807) is 14.2 Å². The number of rotatable bonds is 13. The molecule has 2 fully saturated rings. The predicted molar refractivity (Wildman–Crippen MR) is 206 cm³/mol. The van der Waals surface area contributed by atoms with Crippen molar-refractivity contribution in [2.24, 2.45) is 0 Å². The summed E-state index contributed by atoms with van der Waals surface area (Å²) in [4.78, 5) is 11.5. The van der Waals surface area contributed by atoms with Gasteiger partial charge in [-0.1, -0.05) is 84.9 Å². The molecule has 1 amide bonds. The van der Waals surface area contributed by atoms with Crippen LogP contribution in [0.25, 0.3) is 33.2 Å². The van der Waals surface area contributed by atoms with Gasteiger partial charge in [0.25, 0.3) is 0 Å². The van der Waals surface area contributed by atoms with Crippen LogP contribution >= 0.6 is 23.2 Å². The topological polar surface area (TPSA) is 89.4 Å². The second kappa shape index (κ2) is 16.1. The number of amides is 1. The minimum absolute atomic E-state index is 0.123.